The van der Waals surface area contributed by atoms with Gasteiger partial charge < -0.3 is 10.2 Å². The van der Waals surface area contributed by atoms with Gasteiger partial charge in [-0.15, -0.1) is 5.11 Å². The number of aliphatic carboxylic acids is 1. The van der Waals surface area contributed by atoms with Crippen molar-refractivity contribution in [2.45, 2.75) is 32.7 Å². The van der Waals surface area contributed by atoms with Crippen molar-refractivity contribution in [3.63, 3.8) is 0 Å². The number of nitrogens with one attached hydrogen (secondary N) is 1. The number of benzene rings is 2. The number of aryl methyl sites for hydroxylation is 3. The van der Waals surface area contributed by atoms with E-state index in [1.54, 1.807) is 37.3 Å². The number of phenols is 1. The molecule has 3 N–H and O–H groups in total. The second-order valence-corrected chi connectivity index (χ2v) is 8.25. The molecular formula is C25H24N4O4. The Morgan fingerprint density at radius 1 is 1.12 bits per heavy atom. The molecule has 0 fully saturated rings. The minimum Gasteiger partial charge on any atom is -0.507 e. The predicted molar refractivity (Wildman–Crippen MR) is 125 cm³/mol. The maximum atomic E-state index is 13.1. The molecule has 168 valence electrons. The van der Waals surface area contributed by atoms with Crippen molar-refractivity contribution in [2.24, 2.45) is 10.2 Å². The largest absolute Gasteiger partial charge is 0.507 e. The van der Waals surface area contributed by atoms with E-state index in [4.69, 9.17) is 0 Å². The van der Waals surface area contributed by atoms with Crippen molar-refractivity contribution in [1.29, 1.82) is 0 Å². The van der Waals surface area contributed by atoms with Gasteiger partial charge in [0.05, 0.1) is 11.4 Å². The Hall–Kier alpha value is -4.20. The molecule has 1 unspecified atom stereocenters. The Balaban J connectivity index is 1.72. The van der Waals surface area contributed by atoms with Crippen LogP contribution >= 0.6 is 0 Å². The zero-order valence-corrected chi connectivity index (χ0v) is 18.5. The number of rotatable bonds is 5. The number of phenolic OH excluding ortho intramolecular Hbond substituents is 1. The van der Waals surface area contributed by atoms with Gasteiger partial charge in [-0.1, -0.05) is 36.4 Å². The van der Waals surface area contributed by atoms with E-state index < -0.39 is 17.1 Å². The lowest BCUT2D eigenvalue weighted by Crippen LogP contribution is -2.35. The molecule has 2 aromatic carbocycles. The van der Waals surface area contributed by atoms with Gasteiger partial charge in [-0.25, -0.2) is 9.48 Å². The zero-order chi connectivity index (χ0) is 23.8. The number of carboxylic acids is 1. The lowest BCUT2D eigenvalue weighted by Gasteiger charge is -2.24. The van der Waals surface area contributed by atoms with E-state index in [0.717, 1.165) is 11.1 Å². The van der Waals surface area contributed by atoms with Crippen molar-refractivity contribution >= 4 is 17.2 Å². The van der Waals surface area contributed by atoms with Crippen LogP contribution in [0.5, 0.6) is 5.75 Å². The third-order valence-electron chi connectivity index (χ3n) is 5.58. The maximum absolute atomic E-state index is 13.1. The quantitative estimate of drug-likeness (QED) is 0.492. The Labute approximate surface area is 190 Å². The molecule has 33 heavy (non-hydrogen) atoms. The average molecular weight is 444 g/mol. The molecule has 1 atom stereocenters. The van der Waals surface area contributed by atoms with Crippen LogP contribution in [-0.4, -0.2) is 31.5 Å². The van der Waals surface area contributed by atoms with Crippen LogP contribution in [-0.2, 0) is 4.79 Å². The molecule has 0 saturated heterocycles. The molecule has 0 bridgehead atoms. The van der Waals surface area contributed by atoms with E-state index in [9.17, 15) is 19.8 Å². The Kier molecular flexibility index (Phi) is 5.59. The molecule has 0 spiro atoms. The van der Waals surface area contributed by atoms with Crippen LogP contribution in [0.2, 0.25) is 0 Å². The first-order valence-electron chi connectivity index (χ1n) is 10.4. The van der Waals surface area contributed by atoms with Crippen LogP contribution in [0.15, 0.2) is 75.7 Å². The number of aromatic amines is 1. The SMILES string of the molecule is Cc1cc(C)cc(-n2[nH]c(C)c(N=NC3(C(=O)O)C=CC=C(c4ccccc4O)C3)c2=O)c1. The molecule has 8 heteroatoms. The Morgan fingerprint density at radius 3 is 2.48 bits per heavy atom. The molecule has 8 nitrogen and oxygen atoms in total. The molecule has 1 heterocycles. The topological polar surface area (TPSA) is 120 Å². The number of H-pyrrole nitrogens is 1. The summed E-state index contributed by atoms with van der Waals surface area (Å²) in [6.07, 6.45) is 4.73. The number of hydrogen-bond donors (Lipinski definition) is 3. The fourth-order valence-electron chi connectivity index (χ4n) is 3.98. The number of hydrogen-bond acceptors (Lipinski definition) is 5. The normalized spacial score (nSPS) is 18.0. The number of aromatic hydroxyl groups is 1. The number of azo groups is 1. The smallest absolute Gasteiger partial charge is 0.337 e. The molecule has 0 radical (unpaired) electrons. The standard InChI is InChI=1S/C25H24N4O4/c1-15-11-16(2)13-19(12-15)29-23(31)22(17(3)27-29)26-28-25(24(32)33)10-6-7-18(14-25)20-8-4-5-9-21(20)30/h4-13,27,30H,14H2,1-3H3,(H,32,33). The van der Waals surface area contributed by atoms with Crippen LogP contribution in [0.1, 0.15) is 28.8 Å². The molecule has 3 aromatic rings. The lowest BCUT2D eigenvalue weighted by atomic mass is 9.84. The van der Waals surface area contributed by atoms with Gasteiger partial charge in [-0.05, 0) is 61.7 Å². The van der Waals surface area contributed by atoms with E-state index in [0.29, 0.717) is 22.5 Å². The fourth-order valence-corrected chi connectivity index (χ4v) is 3.98. The summed E-state index contributed by atoms with van der Waals surface area (Å²) < 4.78 is 1.38. The minimum atomic E-state index is -1.70. The number of allylic oxidation sites excluding steroid dienone is 2. The average Bonchev–Trinajstić information content (AvgIpc) is 3.05. The van der Waals surface area contributed by atoms with Crippen molar-refractivity contribution < 1.29 is 15.0 Å². The van der Waals surface area contributed by atoms with Gasteiger partial charge in [-0.3, -0.25) is 9.89 Å². The molecule has 0 saturated carbocycles. The second-order valence-electron chi connectivity index (χ2n) is 8.25. The molecular weight excluding hydrogens is 420 g/mol. The van der Waals surface area contributed by atoms with Crippen LogP contribution in [0.4, 0.5) is 5.69 Å². The zero-order valence-electron chi connectivity index (χ0n) is 18.5. The van der Waals surface area contributed by atoms with Crippen LogP contribution in [0.3, 0.4) is 0 Å². The summed E-state index contributed by atoms with van der Waals surface area (Å²) >= 11 is 0. The number of para-hydroxylation sites is 1. The molecule has 0 aliphatic heterocycles. The lowest BCUT2D eigenvalue weighted by molar-refractivity contribution is -0.141. The molecule has 1 aliphatic carbocycles. The highest BCUT2D eigenvalue weighted by Crippen LogP contribution is 2.37. The van der Waals surface area contributed by atoms with Gasteiger partial charge in [0, 0.05) is 12.0 Å². The van der Waals surface area contributed by atoms with Crippen molar-refractivity contribution in [2.75, 3.05) is 0 Å². The van der Waals surface area contributed by atoms with Gasteiger partial charge in [0.25, 0.3) is 5.56 Å². The number of nitrogens with zero attached hydrogens (tertiary/aromatic N) is 3. The predicted octanol–water partition coefficient (Wildman–Crippen LogP) is 4.75. The molecule has 1 aromatic heterocycles. The van der Waals surface area contributed by atoms with Gasteiger partial charge in [0.2, 0.25) is 5.54 Å². The summed E-state index contributed by atoms with van der Waals surface area (Å²) in [7, 11) is 0. The van der Waals surface area contributed by atoms with Crippen molar-refractivity contribution in [3.8, 4) is 11.4 Å². The third-order valence-corrected chi connectivity index (χ3v) is 5.58. The van der Waals surface area contributed by atoms with Gasteiger partial charge in [0.15, 0.2) is 5.69 Å². The molecule has 1 aliphatic rings. The molecule has 0 amide bonds. The summed E-state index contributed by atoms with van der Waals surface area (Å²) in [4.78, 5) is 25.3. The summed E-state index contributed by atoms with van der Waals surface area (Å²) in [6.45, 7) is 5.58. The Bertz CT molecular complexity index is 1370. The summed E-state index contributed by atoms with van der Waals surface area (Å²) in [6, 6.07) is 12.5. The van der Waals surface area contributed by atoms with E-state index in [-0.39, 0.29) is 17.9 Å². The third kappa shape index (κ3) is 4.15. The minimum absolute atomic E-state index is 0.0192. The fraction of sp³-hybridized carbons (Fsp3) is 0.200. The highest BCUT2D eigenvalue weighted by atomic mass is 16.4. The highest BCUT2D eigenvalue weighted by Gasteiger charge is 2.39. The maximum Gasteiger partial charge on any atom is 0.337 e. The van der Waals surface area contributed by atoms with Gasteiger partial charge >= 0.3 is 5.97 Å². The first-order valence-corrected chi connectivity index (χ1v) is 10.4. The van der Waals surface area contributed by atoms with Crippen LogP contribution in [0.25, 0.3) is 11.3 Å². The molecule has 4 rings (SSSR count). The summed E-state index contributed by atoms with van der Waals surface area (Å²) in [5, 5.41) is 31.4. The van der Waals surface area contributed by atoms with Crippen molar-refractivity contribution in [3.05, 3.63) is 93.4 Å². The summed E-state index contributed by atoms with van der Waals surface area (Å²) in [5.41, 5.74) is 2.21. The van der Waals surface area contributed by atoms with E-state index >= 15 is 0 Å². The highest BCUT2D eigenvalue weighted by molar-refractivity contribution is 5.88. The van der Waals surface area contributed by atoms with Crippen LogP contribution < -0.4 is 5.56 Å². The second kappa shape index (κ2) is 8.38. The number of carbonyl (C=O) groups is 1. The van der Waals surface area contributed by atoms with Gasteiger partial charge in [0.1, 0.15) is 5.75 Å². The first kappa shape index (κ1) is 22.0. The van der Waals surface area contributed by atoms with Crippen molar-refractivity contribution in [1.82, 2.24) is 9.78 Å². The number of carboxylic acid groups (broad SMARTS) is 1. The first-order chi connectivity index (χ1) is 15.7. The number of aromatic nitrogens is 2. The monoisotopic (exact) mass is 444 g/mol. The summed E-state index contributed by atoms with van der Waals surface area (Å²) in [5.74, 6) is -1.15. The van der Waals surface area contributed by atoms with Crippen LogP contribution in [0, 0.1) is 20.8 Å². The Morgan fingerprint density at radius 2 is 1.82 bits per heavy atom. The van der Waals surface area contributed by atoms with Gasteiger partial charge in [-0.2, -0.15) is 5.11 Å². The van der Waals surface area contributed by atoms with E-state index in [2.05, 4.69) is 15.3 Å². The van der Waals surface area contributed by atoms with E-state index in [1.165, 1.54) is 16.8 Å². The van der Waals surface area contributed by atoms with E-state index in [1.807, 2.05) is 32.0 Å².